The molecule has 5 nitrogen and oxygen atoms in total. The van der Waals surface area contributed by atoms with E-state index in [9.17, 15) is 0 Å². The maximum atomic E-state index is 5.60. The van der Waals surface area contributed by atoms with Crippen LogP contribution < -0.4 is 18.9 Å². The Labute approximate surface area is 182 Å². The van der Waals surface area contributed by atoms with E-state index in [0.29, 0.717) is 11.5 Å². The van der Waals surface area contributed by atoms with Crippen LogP contribution in [0.2, 0.25) is 0 Å². The van der Waals surface area contributed by atoms with Crippen molar-refractivity contribution in [2.24, 2.45) is 0 Å². The summed E-state index contributed by atoms with van der Waals surface area (Å²) in [5.41, 5.74) is 1.48. The lowest BCUT2D eigenvalue weighted by atomic mass is 10.0. The van der Waals surface area contributed by atoms with E-state index in [4.69, 9.17) is 23.7 Å². The molecule has 3 aromatic carbocycles. The highest BCUT2D eigenvalue weighted by Crippen LogP contribution is 2.36. The molecule has 3 aromatic rings. The number of benzene rings is 3. The summed E-state index contributed by atoms with van der Waals surface area (Å²) >= 11 is 0. The molecule has 0 amide bonds. The second-order valence-corrected chi connectivity index (χ2v) is 6.37. The molecule has 0 saturated carbocycles. The van der Waals surface area contributed by atoms with E-state index in [2.05, 4.69) is 23.7 Å². The van der Waals surface area contributed by atoms with Crippen molar-refractivity contribution in [1.82, 2.24) is 0 Å². The molecule has 0 heterocycles. The van der Waals surface area contributed by atoms with Gasteiger partial charge in [0.1, 0.15) is 36.2 Å². The molecule has 0 aliphatic rings. The molecule has 158 valence electrons. The predicted molar refractivity (Wildman–Crippen MR) is 121 cm³/mol. The molecule has 0 saturated heterocycles. The first-order valence-electron chi connectivity index (χ1n) is 9.63. The van der Waals surface area contributed by atoms with Gasteiger partial charge < -0.3 is 23.7 Å². The summed E-state index contributed by atoms with van der Waals surface area (Å²) in [5, 5.41) is 1.93. The van der Waals surface area contributed by atoms with Crippen LogP contribution in [-0.4, -0.2) is 41.7 Å². The molecule has 0 fully saturated rings. The zero-order chi connectivity index (χ0) is 22.1. The van der Waals surface area contributed by atoms with E-state index in [-0.39, 0.29) is 13.2 Å². The fourth-order valence-electron chi connectivity index (χ4n) is 3.12. The highest BCUT2D eigenvalue weighted by atomic mass is 16.5. The number of fused-ring (bicyclic) bond motifs is 1. The van der Waals surface area contributed by atoms with Gasteiger partial charge in [-0.1, -0.05) is 47.9 Å². The Morgan fingerprint density at radius 1 is 0.645 bits per heavy atom. The Kier molecular flexibility index (Phi) is 7.65. The minimum Gasteiger partial charge on any atom is -0.497 e. The van der Waals surface area contributed by atoms with Crippen LogP contribution in [0.5, 0.6) is 23.0 Å². The predicted octanol–water partition coefficient (Wildman–Crippen LogP) is 4.29. The number of hydrogen-bond acceptors (Lipinski definition) is 5. The minimum atomic E-state index is 0.238. The molecule has 3 rings (SSSR count). The van der Waals surface area contributed by atoms with Crippen LogP contribution in [-0.2, 0) is 4.74 Å². The molecule has 0 unspecified atom stereocenters. The molecule has 31 heavy (non-hydrogen) atoms. The van der Waals surface area contributed by atoms with Crippen LogP contribution in [0.1, 0.15) is 11.1 Å². The third-order valence-electron chi connectivity index (χ3n) is 4.58. The van der Waals surface area contributed by atoms with E-state index in [0.717, 1.165) is 33.4 Å². The van der Waals surface area contributed by atoms with Gasteiger partial charge in [0, 0.05) is 16.8 Å². The van der Waals surface area contributed by atoms with Crippen LogP contribution in [0.3, 0.4) is 0 Å². The lowest BCUT2D eigenvalue weighted by Crippen LogP contribution is -1.95. The molecule has 0 atom stereocenters. The van der Waals surface area contributed by atoms with Crippen molar-refractivity contribution in [2.75, 3.05) is 41.7 Å². The van der Waals surface area contributed by atoms with Crippen molar-refractivity contribution in [3.8, 4) is 46.7 Å². The van der Waals surface area contributed by atoms with Crippen molar-refractivity contribution < 1.29 is 23.7 Å². The van der Waals surface area contributed by atoms with Gasteiger partial charge in [0.15, 0.2) is 0 Å². The Hall–Kier alpha value is -3.80. The standard InChI is InChI=1S/C26H24O5/c1-27-21-13-14-24(28-2)19(17-21)9-7-15-31-16-8-10-20-18-25(29-3)22-11-5-6-12-23(22)26(20)30-4/h5-6,11-14,17-18H,15-16H2,1-4H3. The normalized spacial score (nSPS) is 9.81. The lowest BCUT2D eigenvalue weighted by molar-refractivity contribution is 0.204. The van der Waals surface area contributed by atoms with Gasteiger partial charge in [-0.25, -0.2) is 0 Å². The molecule has 0 N–H and O–H groups in total. The van der Waals surface area contributed by atoms with E-state index in [1.165, 1.54) is 0 Å². The molecule has 0 spiro atoms. The fraction of sp³-hybridized carbons (Fsp3) is 0.231. The van der Waals surface area contributed by atoms with Crippen LogP contribution in [0.4, 0.5) is 0 Å². The maximum absolute atomic E-state index is 5.60. The summed E-state index contributed by atoms with van der Waals surface area (Å²) in [7, 11) is 6.50. The van der Waals surface area contributed by atoms with E-state index < -0.39 is 0 Å². The van der Waals surface area contributed by atoms with Gasteiger partial charge in [-0.05, 0) is 18.2 Å². The average molecular weight is 416 g/mol. The van der Waals surface area contributed by atoms with Gasteiger partial charge in [-0.3, -0.25) is 0 Å². The van der Waals surface area contributed by atoms with E-state index >= 15 is 0 Å². The van der Waals surface area contributed by atoms with E-state index in [1.807, 2.05) is 48.5 Å². The lowest BCUT2D eigenvalue weighted by Gasteiger charge is -2.12. The largest absolute Gasteiger partial charge is 0.497 e. The third-order valence-corrected chi connectivity index (χ3v) is 4.58. The van der Waals surface area contributed by atoms with Gasteiger partial charge in [0.25, 0.3) is 0 Å². The van der Waals surface area contributed by atoms with Gasteiger partial charge in [-0.15, -0.1) is 0 Å². The SMILES string of the molecule is COc1ccc(OC)c(C#CCOCC#Cc2cc(OC)c3ccccc3c2OC)c1. The van der Waals surface area contributed by atoms with Crippen molar-refractivity contribution in [1.29, 1.82) is 0 Å². The summed E-state index contributed by atoms with van der Waals surface area (Å²) in [6.45, 7) is 0.482. The van der Waals surface area contributed by atoms with Crippen LogP contribution in [0, 0.1) is 23.7 Å². The fourth-order valence-corrected chi connectivity index (χ4v) is 3.12. The molecular weight excluding hydrogens is 392 g/mol. The highest BCUT2D eigenvalue weighted by molar-refractivity contribution is 5.95. The second kappa shape index (κ2) is 10.8. The van der Waals surface area contributed by atoms with Gasteiger partial charge in [0.05, 0.1) is 39.6 Å². The van der Waals surface area contributed by atoms with Crippen molar-refractivity contribution in [3.63, 3.8) is 0 Å². The molecule has 0 bridgehead atoms. The van der Waals surface area contributed by atoms with Gasteiger partial charge in [0.2, 0.25) is 0 Å². The smallest absolute Gasteiger partial charge is 0.142 e. The van der Waals surface area contributed by atoms with Crippen molar-refractivity contribution in [2.45, 2.75) is 0 Å². The van der Waals surface area contributed by atoms with Crippen LogP contribution >= 0.6 is 0 Å². The van der Waals surface area contributed by atoms with Crippen molar-refractivity contribution in [3.05, 3.63) is 59.7 Å². The number of hydrogen-bond donors (Lipinski definition) is 0. The number of ether oxygens (including phenoxy) is 5. The minimum absolute atomic E-state index is 0.238. The second-order valence-electron chi connectivity index (χ2n) is 6.37. The summed E-state index contributed by atoms with van der Waals surface area (Å²) in [6.07, 6.45) is 0. The first-order valence-corrected chi connectivity index (χ1v) is 9.63. The zero-order valence-corrected chi connectivity index (χ0v) is 18.1. The Morgan fingerprint density at radius 2 is 1.32 bits per heavy atom. The third kappa shape index (κ3) is 5.22. The summed E-state index contributed by atoms with van der Waals surface area (Å²) in [5.74, 6) is 15.0. The van der Waals surface area contributed by atoms with Crippen molar-refractivity contribution >= 4 is 10.8 Å². The van der Waals surface area contributed by atoms with E-state index in [1.54, 1.807) is 28.4 Å². The molecule has 5 heteroatoms. The maximum Gasteiger partial charge on any atom is 0.142 e. The van der Waals surface area contributed by atoms with Gasteiger partial charge in [-0.2, -0.15) is 0 Å². The summed E-state index contributed by atoms with van der Waals surface area (Å²) in [4.78, 5) is 0. The monoisotopic (exact) mass is 416 g/mol. The highest BCUT2D eigenvalue weighted by Gasteiger charge is 2.11. The molecule has 0 aromatic heterocycles. The summed E-state index contributed by atoms with van der Waals surface area (Å²) in [6, 6.07) is 15.3. The Balaban J connectivity index is 1.68. The molecule has 0 aliphatic carbocycles. The molecular formula is C26H24O5. The number of methoxy groups -OCH3 is 4. The summed E-state index contributed by atoms with van der Waals surface area (Å²) < 4.78 is 27.2. The van der Waals surface area contributed by atoms with Gasteiger partial charge >= 0.3 is 0 Å². The zero-order valence-electron chi connectivity index (χ0n) is 18.1. The van der Waals surface area contributed by atoms with Crippen LogP contribution in [0.25, 0.3) is 10.8 Å². The average Bonchev–Trinajstić information content (AvgIpc) is 2.82. The molecule has 0 radical (unpaired) electrons. The quantitative estimate of drug-likeness (QED) is 0.443. The topological polar surface area (TPSA) is 46.2 Å². The Morgan fingerprint density at radius 3 is 1.97 bits per heavy atom. The first-order chi connectivity index (χ1) is 15.2. The van der Waals surface area contributed by atoms with Crippen LogP contribution in [0.15, 0.2) is 48.5 Å². The molecule has 0 aliphatic heterocycles. The Bertz CT molecular complexity index is 1180. The number of rotatable bonds is 6. The first kappa shape index (κ1) is 21.9.